The summed E-state index contributed by atoms with van der Waals surface area (Å²) >= 11 is 0. The Labute approximate surface area is 89.3 Å². The topological polar surface area (TPSA) is 41.0 Å². The molecule has 0 bridgehead atoms. The second-order valence-electron chi connectivity index (χ2n) is 2.91. The van der Waals surface area contributed by atoms with Gasteiger partial charge in [-0.15, -0.1) is 0 Å². The first-order valence-electron chi connectivity index (χ1n) is 4.76. The molecular weight excluding hydrogens is 186 g/mol. The summed E-state index contributed by atoms with van der Waals surface area (Å²) in [5, 5.41) is 1.65. The molecule has 0 aliphatic rings. The van der Waals surface area contributed by atoms with Gasteiger partial charge in [0.2, 0.25) is 0 Å². The molecule has 0 fully saturated rings. The van der Waals surface area contributed by atoms with Gasteiger partial charge >= 0.3 is 0 Å². The largest absolute Gasteiger partial charge is 0.337 e. The van der Waals surface area contributed by atoms with Gasteiger partial charge in [0, 0.05) is 6.21 Å². The van der Waals surface area contributed by atoms with E-state index in [0.717, 1.165) is 16.4 Å². The maximum atomic E-state index is 4.29. The van der Waals surface area contributed by atoms with Gasteiger partial charge in [0.15, 0.2) is 5.82 Å². The fraction of sp³-hybridized carbons (Fsp3) is 0.167. The van der Waals surface area contributed by atoms with Crippen molar-refractivity contribution >= 4 is 24.6 Å². The van der Waals surface area contributed by atoms with Crippen molar-refractivity contribution in [3.05, 3.63) is 35.3 Å². The highest BCUT2D eigenvalue weighted by Gasteiger charge is 2.01. The normalized spacial score (nSPS) is 13.7. The lowest BCUT2D eigenvalue weighted by Crippen LogP contribution is -2.21. The van der Waals surface area contributed by atoms with E-state index in [9.17, 15) is 0 Å². The molecule has 3 heteroatoms. The molecule has 0 aliphatic heterocycles. The molecule has 0 unspecified atom stereocenters. The summed E-state index contributed by atoms with van der Waals surface area (Å²) in [7, 11) is 0. The Balaban J connectivity index is 3.31. The summed E-state index contributed by atoms with van der Waals surface area (Å²) in [4.78, 5) is 11.6. The van der Waals surface area contributed by atoms with Crippen molar-refractivity contribution < 1.29 is 0 Å². The van der Waals surface area contributed by atoms with Crippen molar-refractivity contribution in [1.29, 1.82) is 0 Å². The molecule has 78 valence electrons. The fourth-order valence-corrected chi connectivity index (χ4v) is 1.22. The summed E-state index contributed by atoms with van der Waals surface area (Å²) in [5.41, 5.74) is 0.755. The Morgan fingerprint density at radius 2 is 2.20 bits per heavy atom. The Morgan fingerprint density at radius 3 is 2.67 bits per heavy atom. The lowest BCUT2D eigenvalue weighted by atomic mass is 10.4. The molecular formula is C12H15N3. The summed E-state index contributed by atoms with van der Waals surface area (Å²) < 4.78 is 0. The van der Waals surface area contributed by atoms with Crippen LogP contribution in [0, 0.1) is 0 Å². The highest BCUT2D eigenvalue weighted by molar-refractivity contribution is 5.70. The minimum Gasteiger partial charge on any atom is -0.337 e. The van der Waals surface area contributed by atoms with E-state index in [1.165, 1.54) is 0 Å². The van der Waals surface area contributed by atoms with Gasteiger partial charge in [-0.3, -0.25) is 4.99 Å². The van der Waals surface area contributed by atoms with Crippen LogP contribution in [0.5, 0.6) is 0 Å². The molecule has 0 spiro atoms. The Hall–Kier alpha value is -1.90. The molecule has 0 radical (unpaired) electrons. The molecule has 1 aromatic heterocycles. The minimum atomic E-state index is 0.714. The highest BCUT2D eigenvalue weighted by atomic mass is 15.0. The third kappa shape index (κ3) is 2.53. The van der Waals surface area contributed by atoms with Crippen LogP contribution in [0.2, 0.25) is 0 Å². The SMILES string of the molecule is C=C/C=C(\N=C/C)c1nc(=C)/c(=C\C)[nH]1. The maximum Gasteiger partial charge on any atom is 0.157 e. The number of nitrogens with one attached hydrogen (secondary N) is 1. The van der Waals surface area contributed by atoms with Crippen LogP contribution in [0.3, 0.4) is 0 Å². The van der Waals surface area contributed by atoms with Crippen LogP contribution in [0.15, 0.2) is 23.7 Å². The molecule has 0 aliphatic carbocycles. The number of aliphatic imine (C=N–C) groups is 1. The van der Waals surface area contributed by atoms with Gasteiger partial charge in [0.05, 0.1) is 10.7 Å². The van der Waals surface area contributed by atoms with Crippen molar-refractivity contribution in [2.24, 2.45) is 4.99 Å². The van der Waals surface area contributed by atoms with Crippen LogP contribution in [-0.4, -0.2) is 16.2 Å². The third-order valence-electron chi connectivity index (χ3n) is 1.89. The lowest BCUT2D eigenvalue weighted by Gasteiger charge is -1.93. The first kappa shape index (κ1) is 11.2. The van der Waals surface area contributed by atoms with Crippen molar-refractivity contribution in [2.45, 2.75) is 13.8 Å². The van der Waals surface area contributed by atoms with Crippen LogP contribution in [-0.2, 0) is 0 Å². The number of allylic oxidation sites excluding steroid dienone is 2. The van der Waals surface area contributed by atoms with Crippen LogP contribution in [0.4, 0.5) is 0 Å². The van der Waals surface area contributed by atoms with Crippen LogP contribution >= 0.6 is 0 Å². The number of H-pyrrole nitrogens is 1. The van der Waals surface area contributed by atoms with Gasteiger partial charge in [0.25, 0.3) is 0 Å². The summed E-state index contributed by atoms with van der Waals surface area (Å²) in [6, 6.07) is 0. The van der Waals surface area contributed by atoms with Crippen LogP contribution in [0.1, 0.15) is 19.7 Å². The van der Waals surface area contributed by atoms with Crippen molar-refractivity contribution in [3.8, 4) is 0 Å². The molecule has 0 amide bonds. The Morgan fingerprint density at radius 1 is 1.47 bits per heavy atom. The Kier molecular flexibility index (Phi) is 3.80. The predicted octanol–water partition coefficient (Wildman–Crippen LogP) is 1.24. The molecule has 0 aromatic carbocycles. The van der Waals surface area contributed by atoms with Gasteiger partial charge in [-0.05, 0) is 19.9 Å². The molecule has 0 saturated carbocycles. The number of imidazole rings is 1. The second kappa shape index (κ2) is 5.10. The van der Waals surface area contributed by atoms with E-state index in [0.29, 0.717) is 5.82 Å². The van der Waals surface area contributed by atoms with Gasteiger partial charge < -0.3 is 4.98 Å². The number of rotatable bonds is 3. The number of aromatic amines is 1. The molecule has 1 rings (SSSR count). The third-order valence-corrected chi connectivity index (χ3v) is 1.89. The quantitative estimate of drug-likeness (QED) is 0.580. The first-order valence-corrected chi connectivity index (χ1v) is 4.76. The van der Waals surface area contributed by atoms with Crippen molar-refractivity contribution in [2.75, 3.05) is 0 Å². The number of hydrogen-bond donors (Lipinski definition) is 1. The number of hydrogen-bond acceptors (Lipinski definition) is 2. The van der Waals surface area contributed by atoms with Crippen molar-refractivity contribution in [3.63, 3.8) is 0 Å². The molecule has 1 N–H and O–H groups in total. The number of aromatic nitrogens is 2. The lowest BCUT2D eigenvalue weighted by molar-refractivity contribution is 1.20. The fourth-order valence-electron chi connectivity index (χ4n) is 1.22. The zero-order chi connectivity index (χ0) is 11.3. The highest BCUT2D eigenvalue weighted by Crippen LogP contribution is 2.07. The average Bonchev–Trinajstić information content (AvgIpc) is 2.59. The van der Waals surface area contributed by atoms with Crippen LogP contribution < -0.4 is 10.7 Å². The van der Waals surface area contributed by atoms with E-state index >= 15 is 0 Å². The average molecular weight is 201 g/mol. The van der Waals surface area contributed by atoms with E-state index in [-0.39, 0.29) is 0 Å². The van der Waals surface area contributed by atoms with Gasteiger partial charge in [-0.2, -0.15) is 0 Å². The zero-order valence-electron chi connectivity index (χ0n) is 9.12. The summed E-state index contributed by atoms with van der Waals surface area (Å²) in [6.45, 7) is 11.3. The predicted molar refractivity (Wildman–Crippen MR) is 65.8 cm³/mol. The van der Waals surface area contributed by atoms with E-state index in [1.54, 1.807) is 18.4 Å². The van der Waals surface area contributed by atoms with Crippen molar-refractivity contribution in [1.82, 2.24) is 9.97 Å². The second-order valence-corrected chi connectivity index (χ2v) is 2.91. The van der Waals surface area contributed by atoms with Crippen LogP contribution in [0.25, 0.3) is 18.4 Å². The molecule has 1 aromatic rings. The van der Waals surface area contributed by atoms with Gasteiger partial charge in [-0.25, -0.2) is 4.98 Å². The van der Waals surface area contributed by atoms with E-state index in [2.05, 4.69) is 28.1 Å². The minimum absolute atomic E-state index is 0.714. The summed E-state index contributed by atoms with van der Waals surface area (Å²) in [6.07, 6.45) is 7.14. The van der Waals surface area contributed by atoms with E-state index in [4.69, 9.17) is 0 Å². The summed E-state index contributed by atoms with van der Waals surface area (Å²) in [5.74, 6) is 0.714. The number of nitrogens with zero attached hydrogens (tertiary/aromatic N) is 2. The first-order chi connectivity index (χ1) is 7.22. The molecule has 1 heterocycles. The standard InChI is InChI=1S/C12H15N3/c1-5-8-11(13-7-3)12-14-9(4)10(6-2)15-12/h5-8H,1,4H2,2-3H3,(H,14,15)/b10-6+,11-8-,13-7-. The van der Waals surface area contributed by atoms with E-state index in [1.807, 2.05) is 19.9 Å². The van der Waals surface area contributed by atoms with Gasteiger partial charge in [0.1, 0.15) is 5.70 Å². The van der Waals surface area contributed by atoms with E-state index < -0.39 is 0 Å². The molecule has 3 nitrogen and oxygen atoms in total. The molecule has 0 atom stereocenters. The maximum absolute atomic E-state index is 4.29. The smallest absolute Gasteiger partial charge is 0.157 e. The zero-order valence-corrected chi connectivity index (χ0v) is 9.12. The van der Waals surface area contributed by atoms with Gasteiger partial charge in [-0.1, -0.05) is 25.3 Å². The monoisotopic (exact) mass is 201 g/mol. The molecule has 15 heavy (non-hydrogen) atoms. The molecule has 0 saturated heterocycles. The Bertz CT molecular complexity index is 503.